The number of nitrogens with one attached hydrogen (secondary N) is 1. The monoisotopic (exact) mass is 373 g/mol. The molecule has 0 bridgehead atoms. The Kier molecular flexibility index (Phi) is 3.92. The highest BCUT2D eigenvalue weighted by atomic mass is 127. The molecule has 4 heteroatoms. The van der Waals surface area contributed by atoms with E-state index >= 15 is 0 Å². The van der Waals surface area contributed by atoms with Gasteiger partial charge in [0.2, 0.25) is 0 Å². The molecule has 2 aromatic carbocycles. The van der Waals surface area contributed by atoms with E-state index in [0.717, 1.165) is 22.3 Å². The highest BCUT2D eigenvalue weighted by Crippen LogP contribution is 2.14. The fraction of sp³-hybridized carbons (Fsp3) is 0. The van der Waals surface area contributed by atoms with Gasteiger partial charge in [-0.15, -0.1) is 0 Å². The Morgan fingerprint density at radius 2 is 1.75 bits per heavy atom. The Hall–Kier alpha value is -1.95. The van der Waals surface area contributed by atoms with Gasteiger partial charge in [0.1, 0.15) is 5.82 Å². The molecule has 0 saturated heterocycles. The van der Waals surface area contributed by atoms with Crippen molar-refractivity contribution in [1.29, 1.82) is 0 Å². The molecule has 98 valence electrons. The first-order valence-electron chi connectivity index (χ1n) is 6.22. The molecular weight excluding hydrogens is 361 g/mol. The molecule has 0 fully saturated rings. The van der Waals surface area contributed by atoms with Crippen LogP contribution in [0.5, 0.6) is 0 Å². The van der Waals surface area contributed by atoms with Crippen molar-refractivity contribution in [2.45, 2.75) is 0 Å². The zero-order chi connectivity index (χ0) is 13.8. The molecule has 0 atom stereocenters. The number of hydrogen-bond donors (Lipinski definition) is 1. The standard InChI is InChI=1S/C16H12IN3/c17-14-8-5-12(6-9-14)11-18-20-16-10-7-13-3-1-2-4-15(13)19-16/h1-11H,(H,19,20). The van der Waals surface area contributed by atoms with E-state index in [4.69, 9.17) is 0 Å². The summed E-state index contributed by atoms with van der Waals surface area (Å²) in [5.41, 5.74) is 4.97. The number of nitrogens with zero attached hydrogens (tertiary/aromatic N) is 2. The second-order valence-corrected chi connectivity index (χ2v) is 5.56. The molecule has 1 aromatic heterocycles. The number of anilines is 1. The summed E-state index contributed by atoms with van der Waals surface area (Å²) in [4.78, 5) is 4.49. The van der Waals surface area contributed by atoms with Crippen molar-refractivity contribution in [3.8, 4) is 0 Å². The molecule has 0 saturated carbocycles. The molecule has 0 aliphatic carbocycles. The van der Waals surface area contributed by atoms with Gasteiger partial charge in [-0.25, -0.2) is 4.98 Å². The third-order valence-corrected chi connectivity index (χ3v) is 3.58. The average molecular weight is 373 g/mol. The van der Waals surface area contributed by atoms with Gasteiger partial charge < -0.3 is 0 Å². The van der Waals surface area contributed by atoms with Crippen LogP contribution in [0.3, 0.4) is 0 Å². The normalized spacial score (nSPS) is 11.1. The SMILES string of the molecule is Ic1ccc(C=NNc2ccc3ccccc3n2)cc1. The van der Waals surface area contributed by atoms with Crippen LogP contribution >= 0.6 is 22.6 Å². The number of halogens is 1. The number of hydrogen-bond acceptors (Lipinski definition) is 3. The maximum Gasteiger partial charge on any atom is 0.146 e. The lowest BCUT2D eigenvalue weighted by atomic mass is 10.2. The van der Waals surface area contributed by atoms with E-state index in [9.17, 15) is 0 Å². The van der Waals surface area contributed by atoms with Crippen molar-refractivity contribution in [1.82, 2.24) is 4.98 Å². The van der Waals surface area contributed by atoms with Crippen molar-refractivity contribution in [2.24, 2.45) is 5.10 Å². The minimum Gasteiger partial charge on any atom is -0.261 e. The molecule has 1 N–H and O–H groups in total. The molecule has 3 aromatic rings. The van der Waals surface area contributed by atoms with Crippen LogP contribution in [-0.2, 0) is 0 Å². The predicted octanol–water partition coefficient (Wildman–Crippen LogP) is 4.29. The summed E-state index contributed by atoms with van der Waals surface area (Å²) in [6.07, 6.45) is 1.78. The van der Waals surface area contributed by atoms with Gasteiger partial charge >= 0.3 is 0 Å². The van der Waals surface area contributed by atoms with Crippen molar-refractivity contribution < 1.29 is 0 Å². The molecule has 0 amide bonds. The number of para-hydroxylation sites is 1. The zero-order valence-electron chi connectivity index (χ0n) is 10.6. The Balaban J connectivity index is 1.74. The number of aromatic nitrogens is 1. The summed E-state index contributed by atoms with van der Waals surface area (Å²) in [7, 11) is 0. The second-order valence-electron chi connectivity index (χ2n) is 4.31. The summed E-state index contributed by atoms with van der Waals surface area (Å²) < 4.78 is 1.21. The quantitative estimate of drug-likeness (QED) is 0.423. The lowest BCUT2D eigenvalue weighted by Crippen LogP contribution is -1.93. The van der Waals surface area contributed by atoms with Gasteiger partial charge in [0, 0.05) is 8.96 Å². The highest BCUT2D eigenvalue weighted by molar-refractivity contribution is 14.1. The zero-order valence-corrected chi connectivity index (χ0v) is 12.8. The molecule has 0 aliphatic rings. The van der Waals surface area contributed by atoms with Gasteiger partial charge in [-0.2, -0.15) is 5.10 Å². The lowest BCUT2D eigenvalue weighted by molar-refractivity contribution is 1.26. The largest absolute Gasteiger partial charge is 0.261 e. The van der Waals surface area contributed by atoms with Crippen LogP contribution in [0.2, 0.25) is 0 Å². The molecule has 0 radical (unpaired) electrons. The van der Waals surface area contributed by atoms with E-state index in [1.807, 2.05) is 48.5 Å². The molecule has 0 aliphatic heterocycles. The molecular formula is C16H12IN3. The number of hydrazone groups is 1. The lowest BCUT2D eigenvalue weighted by Gasteiger charge is -2.01. The van der Waals surface area contributed by atoms with Gasteiger partial charge in [0.25, 0.3) is 0 Å². The van der Waals surface area contributed by atoms with E-state index in [1.54, 1.807) is 6.21 Å². The molecule has 3 rings (SSSR count). The molecule has 3 nitrogen and oxygen atoms in total. The Labute approximate surface area is 130 Å². The summed E-state index contributed by atoms with van der Waals surface area (Å²) in [5.74, 6) is 0.741. The maximum atomic E-state index is 4.49. The van der Waals surface area contributed by atoms with Gasteiger partial charge in [-0.05, 0) is 58.5 Å². The number of benzene rings is 2. The summed E-state index contributed by atoms with van der Waals surface area (Å²) in [5, 5.41) is 5.33. The van der Waals surface area contributed by atoms with Crippen LogP contribution in [0.15, 0.2) is 65.8 Å². The number of rotatable bonds is 3. The van der Waals surface area contributed by atoms with E-state index < -0.39 is 0 Å². The van der Waals surface area contributed by atoms with Gasteiger partial charge in [-0.3, -0.25) is 5.43 Å². The van der Waals surface area contributed by atoms with E-state index in [1.165, 1.54) is 3.57 Å². The van der Waals surface area contributed by atoms with Crippen LogP contribution in [-0.4, -0.2) is 11.2 Å². The highest BCUT2D eigenvalue weighted by Gasteiger charge is 1.95. The Bertz CT molecular complexity index is 751. The first kappa shape index (κ1) is 13.1. The van der Waals surface area contributed by atoms with Crippen LogP contribution in [0, 0.1) is 3.57 Å². The second kappa shape index (κ2) is 6.00. The van der Waals surface area contributed by atoms with Gasteiger partial charge in [0.05, 0.1) is 11.7 Å². The van der Waals surface area contributed by atoms with Crippen LogP contribution in [0.4, 0.5) is 5.82 Å². The summed E-state index contributed by atoms with van der Waals surface area (Å²) >= 11 is 2.28. The molecule has 1 heterocycles. The van der Waals surface area contributed by atoms with Crippen molar-refractivity contribution in [2.75, 3.05) is 5.43 Å². The minimum absolute atomic E-state index is 0.741. The van der Waals surface area contributed by atoms with Crippen molar-refractivity contribution in [3.05, 3.63) is 69.8 Å². The maximum absolute atomic E-state index is 4.49. The summed E-state index contributed by atoms with van der Waals surface area (Å²) in [6, 6.07) is 20.1. The molecule has 20 heavy (non-hydrogen) atoms. The smallest absolute Gasteiger partial charge is 0.146 e. The van der Waals surface area contributed by atoms with E-state index in [0.29, 0.717) is 0 Å². The van der Waals surface area contributed by atoms with Crippen LogP contribution < -0.4 is 5.43 Å². The van der Waals surface area contributed by atoms with Crippen LogP contribution in [0.1, 0.15) is 5.56 Å². The Morgan fingerprint density at radius 1 is 0.950 bits per heavy atom. The predicted molar refractivity (Wildman–Crippen MR) is 92.1 cm³/mol. The number of fused-ring (bicyclic) bond motifs is 1. The van der Waals surface area contributed by atoms with Crippen molar-refractivity contribution in [3.63, 3.8) is 0 Å². The number of pyridine rings is 1. The summed E-state index contributed by atoms with van der Waals surface area (Å²) in [6.45, 7) is 0. The van der Waals surface area contributed by atoms with Crippen LogP contribution in [0.25, 0.3) is 10.9 Å². The van der Waals surface area contributed by atoms with Crippen molar-refractivity contribution >= 4 is 45.5 Å². The third kappa shape index (κ3) is 3.14. The van der Waals surface area contributed by atoms with E-state index in [2.05, 4.69) is 50.2 Å². The fourth-order valence-corrected chi connectivity index (χ4v) is 2.21. The van der Waals surface area contributed by atoms with Gasteiger partial charge in [0.15, 0.2) is 0 Å². The first-order chi connectivity index (χ1) is 9.81. The minimum atomic E-state index is 0.741. The van der Waals surface area contributed by atoms with E-state index in [-0.39, 0.29) is 0 Å². The fourth-order valence-electron chi connectivity index (χ4n) is 1.85. The third-order valence-electron chi connectivity index (χ3n) is 2.86. The average Bonchev–Trinajstić information content (AvgIpc) is 2.49. The topological polar surface area (TPSA) is 37.3 Å². The Morgan fingerprint density at radius 3 is 2.60 bits per heavy atom. The van der Waals surface area contributed by atoms with Gasteiger partial charge in [-0.1, -0.05) is 30.3 Å². The first-order valence-corrected chi connectivity index (χ1v) is 7.29. The molecule has 0 unspecified atom stereocenters. The molecule has 0 spiro atoms.